The molecule has 0 unspecified atom stereocenters. The van der Waals surface area contributed by atoms with E-state index in [4.69, 9.17) is 16.6 Å². The number of pyridine rings is 1. The van der Waals surface area contributed by atoms with E-state index in [1.807, 2.05) is 55.5 Å². The van der Waals surface area contributed by atoms with Crippen LogP contribution in [0.25, 0.3) is 0 Å². The van der Waals surface area contributed by atoms with Crippen molar-refractivity contribution in [2.24, 2.45) is 0 Å². The van der Waals surface area contributed by atoms with Crippen LogP contribution < -0.4 is 10.2 Å². The second-order valence-corrected chi connectivity index (χ2v) is 8.03. The molecule has 0 atom stereocenters. The molecule has 0 radical (unpaired) electrons. The first-order chi connectivity index (χ1) is 15.6. The second-order valence-electron chi connectivity index (χ2n) is 7.59. The molecule has 32 heavy (non-hydrogen) atoms. The van der Waals surface area contributed by atoms with Crippen LogP contribution in [0, 0.1) is 6.92 Å². The maximum absolute atomic E-state index is 12.6. The molecule has 1 amide bonds. The van der Waals surface area contributed by atoms with E-state index >= 15 is 0 Å². The maximum Gasteiger partial charge on any atom is 0.255 e. The SMILES string of the molecule is Cc1nc(N(Cc2ccccc2)Cc2ccccc2)ccc1NC(=O)c1ccc(Cl)cc1. The molecule has 4 rings (SSSR count). The van der Waals surface area contributed by atoms with Crippen molar-refractivity contribution in [3.8, 4) is 0 Å². The van der Waals surface area contributed by atoms with Crippen LogP contribution in [-0.2, 0) is 13.1 Å². The minimum absolute atomic E-state index is 0.190. The van der Waals surface area contributed by atoms with Crippen molar-refractivity contribution in [3.63, 3.8) is 0 Å². The Bertz CT molecular complexity index is 1140. The number of amides is 1. The van der Waals surface area contributed by atoms with E-state index in [1.54, 1.807) is 24.3 Å². The van der Waals surface area contributed by atoms with E-state index in [1.165, 1.54) is 11.1 Å². The Labute approximate surface area is 193 Å². The normalized spacial score (nSPS) is 10.6. The smallest absolute Gasteiger partial charge is 0.255 e. The number of aromatic nitrogens is 1. The van der Waals surface area contributed by atoms with Crippen molar-refractivity contribution >= 4 is 29.0 Å². The number of benzene rings is 3. The number of anilines is 2. The van der Waals surface area contributed by atoms with E-state index in [9.17, 15) is 4.79 Å². The molecular formula is C27H24ClN3O. The molecule has 0 aliphatic carbocycles. The number of hydrogen-bond acceptors (Lipinski definition) is 3. The molecule has 0 saturated carbocycles. The minimum Gasteiger partial charge on any atom is -0.348 e. The highest BCUT2D eigenvalue weighted by atomic mass is 35.5. The van der Waals surface area contributed by atoms with E-state index in [0.717, 1.165) is 24.6 Å². The van der Waals surface area contributed by atoms with Gasteiger partial charge in [0.15, 0.2) is 0 Å². The van der Waals surface area contributed by atoms with Crippen molar-refractivity contribution in [2.45, 2.75) is 20.0 Å². The third-order valence-electron chi connectivity index (χ3n) is 5.18. The zero-order chi connectivity index (χ0) is 22.3. The number of carbonyl (C=O) groups excluding carboxylic acids is 1. The summed E-state index contributed by atoms with van der Waals surface area (Å²) in [5.74, 6) is 0.671. The summed E-state index contributed by atoms with van der Waals surface area (Å²) < 4.78 is 0. The average Bonchev–Trinajstić information content (AvgIpc) is 2.82. The van der Waals surface area contributed by atoms with Crippen molar-refractivity contribution in [2.75, 3.05) is 10.2 Å². The fraction of sp³-hybridized carbons (Fsp3) is 0.111. The van der Waals surface area contributed by atoms with Gasteiger partial charge in [-0.05, 0) is 54.4 Å². The van der Waals surface area contributed by atoms with Gasteiger partial charge in [-0.3, -0.25) is 4.79 Å². The summed E-state index contributed by atoms with van der Waals surface area (Å²) in [5, 5.41) is 3.55. The Morgan fingerprint density at radius 2 is 1.38 bits per heavy atom. The summed E-state index contributed by atoms with van der Waals surface area (Å²) in [6.07, 6.45) is 0. The number of carbonyl (C=O) groups is 1. The van der Waals surface area contributed by atoms with Gasteiger partial charge in [-0.15, -0.1) is 0 Å². The summed E-state index contributed by atoms with van der Waals surface area (Å²) in [5.41, 5.74) is 4.42. The van der Waals surface area contributed by atoms with Crippen molar-refractivity contribution in [1.82, 2.24) is 4.98 Å². The molecule has 160 valence electrons. The first-order valence-corrected chi connectivity index (χ1v) is 10.8. The molecule has 1 aromatic heterocycles. The Morgan fingerprint density at radius 3 is 1.91 bits per heavy atom. The third kappa shape index (κ3) is 5.54. The summed E-state index contributed by atoms with van der Waals surface area (Å²) >= 11 is 5.92. The van der Waals surface area contributed by atoms with Gasteiger partial charge in [0.25, 0.3) is 5.91 Å². The van der Waals surface area contributed by atoms with Gasteiger partial charge in [0.1, 0.15) is 5.82 Å². The topological polar surface area (TPSA) is 45.2 Å². The summed E-state index contributed by atoms with van der Waals surface area (Å²) in [6, 6.07) is 31.4. The standard InChI is InChI=1S/C27H24ClN3O/c1-20-25(30-27(32)23-12-14-24(28)15-13-23)16-17-26(29-20)31(18-21-8-4-2-5-9-21)19-22-10-6-3-7-11-22/h2-17H,18-19H2,1H3,(H,30,32). The Balaban J connectivity index is 1.56. The van der Waals surface area contributed by atoms with E-state index in [0.29, 0.717) is 16.3 Å². The monoisotopic (exact) mass is 441 g/mol. The molecule has 0 bridgehead atoms. The molecule has 1 heterocycles. The summed E-state index contributed by atoms with van der Waals surface area (Å²) in [6.45, 7) is 3.38. The molecule has 0 aliphatic rings. The molecule has 3 aromatic carbocycles. The van der Waals surface area contributed by atoms with Gasteiger partial charge in [-0.1, -0.05) is 72.3 Å². The van der Waals surface area contributed by atoms with Gasteiger partial charge in [-0.2, -0.15) is 0 Å². The van der Waals surface area contributed by atoms with Crippen LogP contribution in [-0.4, -0.2) is 10.9 Å². The quantitative estimate of drug-likeness (QED) is 0.356. The van der Waals surface area contributed by atoms with Gasteiger partial charge in [-0.25, -0.2) is 4.98 Å². The van der Waals surface area contributed by atoms with Crippen molar-refractivity contribution < 1.29 is 4.79 Å². The summed E-state index contributed by atoms with van der Waals surface area (Å²) in [4.78, 5) is 19.6. The third-order valence-corrected chi connectivity index (χ3v) is 5.43. The van der Waals surface area contributed by atoms with Crippen LogP contribution in [0.5, 0.6) is 0 Å². The highest BCUT2D eigenvalue weighted by Gasteiger charge is 2.13. The lowest BCUT2D eigenvalue weighted by Crippen LogP contribution is -2.23. The van der Waals surface area contributed by atoms with Gasteiger partial charge < -0.3 is 10.2 Å². The average molecular weight is 442 g/mol. The van der Waals surface area contributed by atoms with Gasteiger partial charge in [0.2, 0.25) is 0 Å². The lowest BCUT2D eigenvalue weighted by molar-refractivity contribution is 0.102. The number of halogens is 1. The summed E-state index contributed by atoms with van der Waals surface area (Å²) in [7, 11) is 0. The molecule has 0 saturated heterocycles. The molecule has 4 nitrogen and oxygen atoms in total. The molecule has 5 heteroatoms. The number of nitrogens with one attached hydrogen (secondary N) is 1. The first-order valence-electron chi connectivity index (χ1n) is 10.5. The van der Waals surface area contributed by atoms with Crippen LogP contribution in [0.3, 0.4) is 0 Å². The lowest BCUT2D eigenvalue weighted by Gasteiger charge is -2.25. The van der Waals surface area contributed by atoms with Crippen LogP contribution in [0.4, 0.5) is 11.5 Å². The fourth-order valence-corrected chi connectivity index (χ4v) is 3.60. The van der Waals surface area contributed by atoms with E-state index < -0.39 is 0 Å². The molecule has 0 spiro atoms. The van der Waals surface area contributed by atoms with Crippen molar-refractivity contribution in [1.29, 1.82) is 0 Å². The Morgan fingerprint density at radius 1 is 0.812 bits per heavy atom. The number of nitrogens with zero attached hydrogens (tertiary/aromatic N) is 2. The van der Waals surface area contributed by atoms with Crippen LogP contribution in [0.15, 0.2) is 97.1 Å². The predicted molar refractivity (Wildman–Crippen MR) is 131 cm³/mol. The van der Waals surface area contributed by atoms with Gasteiger partial charge in [0.05, 0.1) is 11.4 Å². The highest BCUT2D eigenvalue weighted by molar-refractivity contribution is 6.30. The Hall–Kier alpha value is -3.63. The number of hydrogen-bond donors (Lipinski definition) is 1. The molecule has 0 fully saturated rings. The number of aryl methyl sites for hydroxylation is 1. The minimum atomic E-state index is -0.190. The zero-order valence-electron chi connectivity index (χ0n) is 17.8. The van der Waals surface area contributed by atoms with Crippen LogP contribution in [0.1, 0.15) is 27.2 Å². The first kappa shape index (κ1) is 21.6. The fourth-order valence-electron chi connectivity index (χ4n) is 3.48. The van der Waals surface area contributed by atoms with E-state index in [-0.39, 0.29) is 5.91 Å². The molecule has 1 N–H and O–H groups in total. The van der Waals surface area contributed by atoms with Crippen LogP contribution >= 0.6 is 11.6 Å². The second kappa shape index (κ2) is 10.1. The molecule has 0 aliphatic heterocycles. The predicted octanol–water partition coefficient (Wildman–Crippen LogP) is 6.50. The number of rotatable bonds is 7. The molecule has 4 aromatic rings. The van der Waals surface area contributed by atoms with Crippen molar-refractivity contribution in [3.05, 3.63) is 124 Å². The highest BCUT2D eigenvalue weighted by Crippen LogP contribution is 2.23. The molecular weight excluding hydrogens is 418 g/mol. The lowest BCUT2D eigenvalue weighted by atomic mass is 10.1. The maximum atomic E-state index is 12.6. The van der Waals surface area contributed by atoms with Gasteiger partial charge in [0, 0.05) is 23.7 Å². The van der Waals surface area contributed by atoms with Crippen LogP contribution in [0.2, 0.25) is 5.02 Å². The largest absolute Gasteiger partial charge is 0.348 e. The van der Waals surface area contributed by atoms with E-state index in [2.05, 4.69) is 34.5 Å². The zero-order valence-corrected chi connectivity index (χ0v) is 18.6. The van der Waals surface area contributed by atoms with Gasteiger partial charge >= 0.3 is 0 Å². The Kier molecular flexibility index (Phi) is 6.83.